The van der Waals surface area contributed by atoms with Gasteiger partial charge in [0.05, 0.1) is 13.2 Å². The van der Waals surface area contributed by atoms with E-state index in [1.807, 2.05) is 0 Å². The van der Waals surface area contributed by atoms with Crippen LogP contribution in [-0.2, 0) is 16.1 Å². The lowest BCUT2D eigenvalue weighted by Crippen LogP contribution is -2.57. The van der Waals surface area contributed by atoms with Crippen LogP contribution in [0.25, 0.3) is 0 Å². The number of nitrogens with zero attached hydrogens (tertiary/aromatic N) is 1. The Labute approximate surface area is 126 Å². The summed E-state index contributed by atoms with van der Waals surface area (Å²) in [5, 5.41) is 0. The molecule has 3 aliphatic rings. The van der Waals surface area contributed by atoms with Gasteiger partial charge in [0.2, 0.25) is 0 Å². The third-order valence-electron chi connectivity index (χ3n) is 5.26. The Morgan fingerprint density at radius 3 is 2.33 bits per heavy atom. The SMILES string of the molecule is O=C(C1CC1)C1CC2COCC(C1)N2Cc1ccccc1. The van der Waals surface area contributed by atoms with Crippen LogP contribution in [0.3, 0.4) is 0 Å². The summed E-state index contributed by atoms with van der Waals surface area (Å²) in [4.78, 5) is 15.0. The van der Waals surface area contributed by atoms with Gasteiger partial charge in [-0.25, -0.2) is 0 Å². The Morgan fingerprint density at radius 1 is 1.05 bits per heavy atom. The quantitative estimate of drug-likeness (QED) is 0.852. The topological polar surface area (TPSA) is 29.5 Å². The standard InChI is InChI=1S/C18H23NO2/c20-18(14-6-7-14)15-8-16-11-21-12-17(9-15)19(16)10-13-4-2-1-3-5-13/h1-5,14-17H,6-12H2. The fourth-order valence-corrected chi connectivity index (χ4v) is 3.98. The lowest BCUT2D eigenvalue weighted by molar-refractivity contribution is -0.134. The number of carbonyl (C=O) groups is 1. The molecule has 2 saturated heterocycles. The molecule has 2 aliphatic heterocycles. The molecule has 21 heavy (non-hydrogen) atoms. The van der Waals surface area contributed by atoms with Crippen LogP contribution < -0.4 is 0 Å². The lowest BCUT2D eigenvalue weighted by Gasteiger charge is -2.48. The van der Waals surface area contributed by atoms with Crippen molar-refractivity contribution in [1.82, 2.24) is 4.90 Å². The van der Waals surface area contributed by atoms with Crippen LogP contribution in [0.4, 0.5) is 0 Å². The van der Waals surface area contributed by atoms with E-state index in [1.54, 1.807) is 0 Å². The van der Waals surface area contributed by atoms with Gasteiger partial charge in [0, 0.05) is 30.5 Å². The van der Waals surface area contributed by atoms with Gasteiger partial charge in [-0.15, -0.1) is 0 Å². The molecule has 0 N–H and O–H groups in total. The van der Waals surface area contributed by atoms with Gasteiger partial charge in [0.15, 0.2) is 0 Å². The van der Waals surface area contributed by atoms with E-state index in [-0.39, 0.29) is 0 Å². The number of carbonyl (C=O) groups excluding carboxylic acids is 1. The van der Waals surface area contributed by atoms with Crippen LogP contribution in [0.2, 0.25) is 0 Å². The molecule has 3 heteroatoms. The molecule has 2 unspecified atom stereocenters. The zero-order chi connectivity index (χ0) is 14.2. The number of benzene rings is 1. The van der Waals surface area contributed by atoms with Gasteiger partial charge in [-0.05, 0) is 31.2 Å². The molecule has 112 valence electrons. The predicted octanol–water partition coefficient (Wildman–Crippen LogP) is 2.65. The van der Waals surface area contributed by atoms with Gasteiger partial charge >= 0.3 is 0 Å². The third-order valence-corrected chi connectivity index (χ3v) is 5.26. The Hall–Kier alpha value is -1.19. The minimum absolute atomic E-state index is 0.295. The largest absolute Gasteiger partial charge is 0.378 e. The summed E-state index contributed by atoms with van der Waals surface area (Å²) in [7, 11) is 0. The molecular formula is C18H23NO2. The summed E-state index contributed by atoms with van der Waals surface area (Å²) in [6, 6.07) is 11.5. The molecule has 1 aliphatic carbocycles. The lowest BCUT2D eigenvalue weighted by atomic mass is 9.81. The van der Waals surface area contributed by atoms with E-state index in [2.05, 4.69) is 35.2 Å². The highest BCUT2D eigenvalue weighted by Gasteiger charge is 2.44. The molecule has 1 aromatic rings. The first-order valence-electron chi connectivity index (χ1n) is 8.22. The fraction of sp³-hybridized carbons (Fsp3) is 0.611. The normalized spacial score (nSPS) is 32.9. The van der Waals surface area contributed by atoms with Crippen LogP contribution >= 0.6 is 0 Å². The highest BCUT2D eigenvalue weighted by molar-refractivity contribution is 5.85. The molecule has 2 heterocycles. The molecule has 2 atom stereocenters. The number of ketones is 1. The first-order valence-corrected chi connectivity index (χ1v) is 8.22. The minimum atomic E-state index is 0.295. The van der Waals surface area contributed by atoms with Gasteiger partial charge in [0.1, 0.15) is 5.78 Å². The van der Waals surface area contributed by atoms with Crippen LogP contribution in [0, 0.1) is 11.8 Å². The zero-order valence-corrected chi connectivity index (χ0v) is 12.4. The summed E-state index contributed by atoms with van der Waals surface area (Å²) < 4.78 is 5.76. The molecule has 0 radical (unpaired) electrons. The van der Waals surface area contributed by atoms with Crippen LogP contribution in [0.1, 0.15) is 31.2 Å². The number of Topliss-reactive ketones (excluding diaryl/α,β-unsaturated/α-hetero) is 1. The maximum Gasteiger partial charge on any atom is 0.139 e. The molecule has 1 aromatic carbocycles. The predicted molar refractivity (Wildman–Crippen MR) is 80.8 cm³/mol. The van der Waals surface area contributed by atoms with Crippen molar-refractivity contribution in [1.29, 1.82) is 0 Å². The molecule has 3 nitrogen and oxygen atoms in total. The Balaban J connectivity index is 1.47. The van der Waals surface area contributed by atoms with Gasteiger partial charge in [-0.3, -0.25) is 9.69 Å². The van der Waals surface area contributed by atoms with E-state index in [9.17, 15) is 4.79 Å². The van der Waals surface area contributed by atoms with Crippen molar-refractivity contribution < 1.29 is 9.53 Å². The van der Waals surface area contributed by atoms with E-state index in [0.29, 0.717) is 29.7 Å². The van der Waals surface area contributed by atoms with Crippen LogP contribution in [0.5, 0.6) is 0 Å². The van der Waals surface area contributed by atoms with Crippen LogP contribution in [-0.4, -0.2) is 36.0 Å². The summed E-state index contributed by atoms with van der Waals surface area (Å²) >= 11 is 0. The third kappa shape index (κ3) is 2.77. The van der Waals surface area contributed by atoms with Gasteiger partial charge < -0.3 is 4.74 Å². The highest BCUT2D eigenvalue weighted by atomic mass is 16.5. The van der Waals surface area contributed by atoms with Crippen molar-refractivity contribution in [2.45, 2.75) is 44.3 Å². The Morgan fingerprint density at radius 2 is 1.71 bits per heavy atom. The number of piperidine rings is 1. The minimum Gasteiger partial charge on any atom is -0.378 e. The van der Waals surface area contributed by atoms with Crippen molar-refractivity contribution in [3.63, 3.8) is 0 Å². The summed E-state index contributed by atoms with van der Waals surface area (Å²) in [6.45, 7) is 2.57. The van der Waals surface area contributed by atoms with Gasteiger partial charge in [0.25, 0.3) is 0 Å². The molecule has 2 bridgehead atoms. The fourth-order valence-electron chi connectivity index (χ4n) is 3.98. The Kier molecular flexibility index (Phi) is 3.56. The number of rotatable bonds is 4. The Bertz CT molecular complexity index is 497. The molecular weight excluding hydrogens is 262 g/mol. The van der Waals surface area contributed by atoms with Crippen molar-refractivity contribution >= 4 is 5.78 Å². The van der Waals surface area contributed by atoms with Crippen LogP contribution in [0.15, 0.2) is 30.3 Å². The molecule has 1 saturated carbocycles. The second-order valence-electron chi connectivity index (χ2n) is 6.85. The summed E-state index contributed by atoms with van der Waals surface area (Å²) in [5.41, 5.74) is 1.36. The first-order chi connectivity index (χ1) is 10.3. The summed E-state index contributed by atoms with van der Waals surface area (Å²) in [5.74, 6) is 1.24. The monoisotopic (exact) mass is 285 g/mol. The molecule has 0 aromatic heterocycles. The van der Waals surface area contributed by atoms with E-state index in [4.69, 9.17) is 4.74 Å². The number of morpholine rings is 1. The maximum absolute atomic E-state index is 12.4. The van der Waals surface area contributed by atoms with E-state index < -0.39 is 0 Å². The van der Waals surface area contributed by atoms with E-state index in [0.717, 1.165) is 45.4 Å². The molecule has 4 rings (SSSR count). The van der Waals surface area contributed by atoms with Gasteiger partial charge in [-0.2, -0.15) is 0 Å². The van der Waals surface area contributed by atoms with Gasteiger partial charge in [-0.1, -0.05) is 30.3 Å². The molecule has 0 spiro atoms. The average Bonchev–Trinajstić information content (AvgIpc) is 3.32. The number of fused-ring (bicyclic) bond motifs is 2. The number of hydrogen-bond donors (Lipinski definition) is 0. The van der Waals surface area contributed by atoms with E-state index >= 15 is 0 Å². The van der Waals surface area contributed by atoms with Crippen molar-refractivity contribution in [2.24, 2.45) is 11.8 Å². The zero-order valence-electron chi connectivity index (χ0n) is 12.4. The van der Waals surface area contributed by atoms with Crippen molar-refractivity contribution in [2.75, 3.05) is 13.2 Å². The van der Waals surface area contributed by atoms with E-state index in [1.165, 1.54) is 5.56 Å². The number of ether oxygens (including phenoxy) is 1. The summed E-state index contributed by atoms with van der Waals surface area (Å²) in [6.07, 6.45) is 4.27. The first kappa shape index (κ1) is 13.5. The second-order valence-corrected chi connectivity index (χ2v) is 6.85. The number of hydrogen-bond acceptors (Lipinski definition) is 3. The smallest absolute Gasteiger partial charge is 0.139 e. The molecule has 0 amide bonds. The molecule has 3 fully saturated rings. The highest BCUT2D eigenvalue weighted by Crippen LogP contribution is 2.39. The van der Waals surface area contributed by atoms with Crippen molar-refractivity contribution in [3.8, 4) is 0 Å². The average molecular weight is 285 g/mol. The maximum atomic E-state index is 12.4. The van der Waals surface area contributed by atoms with Crippen molar-refractivity contribution in [3.05, 3.63) is 35.9 Å². The second kappa shape index (κ2) is 5.54.